The van der Waals surface area contributed by atoms with Crippen LogP contribution < -0.4 is 5.32 Å². The second-order valence-corrected chi connectivity index (χ2v) is 6.95. The van der Waals surface area contributed by atoms with E-state index in [1.165, 1.54) is 18.3 Å². The molecule has 0 aliphatic rings. The van der Waals surface area contributed by atoms with Gasteiger partial charge in [0.05, 0.1) is 27.3 Å². The van der Waals surface area contributed by atoms with Gasteiger partial charge in [0.2, 0.25) is 0 Å². The van der Waals surface area contributed by atoms with Crippen molar-refractivity contribution >= 4 is 40.7 Å². The van der Waals surface area contributed by atoms with Crippen LogP contribution in [0, 0.1) is 11.3 Å². The molecule has 0 radical (unpaired) electrons. The van der Waals surface area contributed by atoms with Gasteiger partial charge in [-0.05, 0) is 48.0 Å². The number of pyridine rings is 1. The number of rotatable bonds is 4. The first-order valence-corrected chi connectivity index (χ1v) is 8.99. The molecule has 1 atom stereocenters. The van der Waals surface area contributed by atoms with Gasteiger partial charge in [-0.15, -0.1) is 0 Å². The monoisotopic (exact) mass is 415 g/mol. The molecule has 1 aromatic heterocycles. The summed E-state index contributed by atoms with van der Waals surface area (Å²) in [7, 11) is 0. The Morgan fingerprint density at radius 1 is 1.00 bits per heavy atom. The molecular weight excluding hydrogens is 405 g/mol. The van der Waals surface area contributed by atoms with E-state index >= 15 is 0 Å². The van der Waals surface area contributed by atoms with Crippen molar-refractivity contribution in [2.45, 2.75) is 6.04 Å². The zero-order chi connectivity index (χ0) is 19.4. The molecule has 2 aromatic carbocycles. The second kappa shape index (κ2) is 8.41. The van der Waals surface area contributed by atoms with E-state index in [-0.39, 0.29) is 10.9 Å². The van der Waals surface area contributed by atoms with Gasteiger partial charge in [-0.3, -0.25) is 9.78 Å². The van der Waals surface area contributed by atoms with Gasteiger partial charge in [-0.1, -0.05) is 46.9 Å². The molecule has 3 aromatic rings. The highest BCUT2D eigenvalue weighted by molar-refractivity contribution is 6.32. The van der Waals surface area contributed by atoms with E-state index in [0.717, 1.165) is 5.56 Å². The summed E-state index contributed by atoms with van der Waals surface area (Å²) in [6.07, 6.45) is 1.52. The van der Waals surface area contributed by atoms with E-state index in [4.69, 9.17) is 40.1 Å². The molecule has 0 bridgehead atoms. The molecule has 27 heavy (non-hydrogen) atoms. The number of aromatic nitrogens is 1. The topological polar surface area (TPSA) is 65.8 Å². The summed E-state index contributed by atoms with van der Waals surface area (Å²) in [4.78, 5) is 17.1. The average molecular weight is 417 g/mol. The first-order valence-electron chi connectivity index (χ1n) is 7.85. The molecule has 0 unspecified atom stereocenters. The normalized spacial score (nSPS) is 11.5. The summed E-state index contributed by atoms with van der Waals surface area (Å²) in [5.74, 6) is -0.349. The molecule has 0 spiro atoms. The van der Waals surface area contributed by atoms with Crippen molar-refractivity contribution in [1.29, 1.82) is 5.26 Å². The van der Waals surface area contributed by atoms with E-state index in [9.17, 15) is 4.79 Å². The first kappa shape index (κ1) is 19.2. The van der Waals surface area contributed by atoms with E-state index in [2.05, 4.69) is 10.3 Å². The Kier molecular flexibility index (Phi) is 5.98. The number of carbonyl (C=O) groups excluding carboxylic acids is 1. The van der Waals surface area contributed by atoms with Gasteiger partial charge in [0.25, 0.3) is 5.91 Å². The molecule has 3 rings (SSSR count). The van der Waals surface area contributed by atoms with Crippen LogP contribution in [0.1, 0.15) is 33.2 Å². The summed E-state index contributed by atoms with van der Waals surface area (Å²) in [5, 5.41) is 13.2. The number of nitrogens with one attached hydrogen (secondary N) is 1. The zero-order valence-electron chi connectivity index (χ0n) is 13.8. The molecule has 7 heteroatoms. The number of amides is 1. The van der Waals surface area contributed by atoms with Crippen LogP contribution in [0.15, 0.2) is 60.8 Å². The third kappa shape index (κ3) is 4.58. The van der Waals surface area contributed by atoms with Crippen LogP contribution in [0.3, 0.4) is 0 Å². The van der Waals surface area contributed by atoms with Gasteiger partial charge in [0.1, 0.15) is 6.07 Å². The standard InChI is InChI=1S/C20H12Cl3N3O/c21-15-5-3-12(4-6-15)19(18-8-7-16(22)11-25-18)26-20(27)13-1-2-14(10-24)17(23)9-13/h1-9,11,19H,(H,26,27)/t19-/m0/s1. The van der Waals surface area contributed by atoms with E-state index in [0.29, 0.717) is 26.9 Å². The van der Waals surface area contributed by atoms with E-state index in [1.54, 1.807) is 30.3 Å². The van der Waals surface area contributed by atoms with Crippen molar-refractivity contribution in [3.63, 3.8) is 0 Å². The Hall–Kier alpha value is -2.58. The molecule has 1 heterocycles. The average Bonchev–Trinajstić information content (AvgIpc) is 2.67. The van der Waals surface area contributed by atoms with Gasteiger partial charge in [0.15, 0.2) is 0 Å². The van der Waals surface area contributed by atoms with Crippen LogP contribution in [0.5, 0.6) is 0 Å². The lowest BCUT2D eigenvalue weighted by atomic mass is 10.0. The summed E-state index contributed by atoms with van der Waals surface area (Å²) < 4.78 is 0. The maximum atomic E-state index is 12.8. The highest BCUT2D eigenvalue weighted by Gasteiger charge is 2.20. The van der Waals surface area contributed by atoms with Crippen molar-refractivity contribution in [1.82, 2.24) is 10.3 Å². The smallest absolute Gasteiger partial charge is 0.252 e. The Labute approximate surface area is 171 Å². The predicted octanol–water partition coefficient (Wildman–Crippen LogP) is 5.43. The molecule has 0 aliphatic heterocycles. The third-order valence-electron chi connectivity index (χ3n) is 3.88. The summed E-state index contributed by atoms with van der Waals surface area (Å²) in [6, 6.07) is 16.5. The van der Waals surface area contributed by atoms with Crippen molar-refractivity contribution in [3.05, 3.63) is 98.2 Å². The van der Waals surface area contributed by atoms with Crippen LogP contribution in [0.2, 0.25) is 15.1 Å². The Morgan fingerprint density at radius 3 is 2.30 bits per heavy atom. The first-order chi connectivity index (χ1) is 13.0. The summed E-state index contributed by atoms with van der Waals surface area (Å²) in [5.41, 5.74) is 2.07. The zero-order valence-corrected chi connectivity index (χ0v) is 16.1. The van der Waals surface area contributed by atoms with Crippen molar-refractivity contribution in [2.75, 3.05) is 0 Å². The fourth-order valence-corrected chi connectivity index (χ4v) is 2.96. The van der Waals surface area contributed by atoms with Crippen LogP contribution >= 0.6 is 34.8 Å². The fraction of sp³-hybridized carbons (Fsp3) is 0.0500. The number of benzene rings is 2. The molecule has 1 amide bonds. The Morgan fingerprint density at radius 2 is 1.70 bits per heavy atom. The van der Waals surface area contributed by atoms with Crippen LogP contribution in [-0.2, 0) is 0 Å². The Balaban J connectivity index is 1.94. The molecule has 0 aliphatic carbocycles. The second-order valence-electron chi connectivity index (χ2n) is 5.67. The van der Waals surface area contributed by atoms with Gasteiger partial charge in [-0.25, -0.2) is 0 Å². The largest absolute Gasteiger partial charge is 0.340 e. The van der Waals surface area contributed by atoms with Crippen molar-refractivity contribution in [3.8, 4) is 6.07 Å². The number of halogens is 3. The fourth-order valence-electron chi connectivity index (χ4n) is 2.50. The van der Waals surface area contributed by atoms with Crippen LogP contribution in [0.25, 0.3) is 0 Å². The lowest BCUT2D eigenvalue weighted by Crippen LogP contribution is -2.30. The number of nitriles is 1. The minimum Gasteiger partial charge on any atom is -0.340 e. The molecule has 1 N–H and O–H groups in total. The minimum atomic E-state index is -0.513. The van der Waals surface area contributed by atoms with E-state index in [1.807, 2.05) is 18.2 Å². The SMILES string of the molecule is N#Cc1ccc(C(=O)N[C@@H](c2ccc(Cl)cc2)c2ccc(Cl)cn2)cc1Cl. The quantitative estimate of drug-likeness (QED) is 0.616. The highest BCUT2D eigenvalue weighted by Crippen LogP contribution is 2.24. The predicted molar refractivity (Wildman–Crippen MR) is 106 cm³/mol. The minimum absolute atomic E-state index is 0.220. The summed E-state index contributed by atoms with van der Waals surface area (Å²) >= 11 is 17.9. The number of hydrogen-bond donors (Lipinski definition) is 1. The third-order valence-corrected chi connectivity index (χ3v) is 4.66. The van der Waals surface area contributed by atoms with Crippen LogP contribution in [0.4, 0.5) is 0 Å². The number of hydrogen-bond acceptors (Lipinski definition) is 3. The lowest BCUT2D eigenvalue weighted by molar-refractivity contribution is 0.0942. The van der Waals surface area contributed by atoms with Gasteiger partial charge in [-0.2, -0.15) is 5.26 Å². The molecule has 0 saturated carbocycles. The Bertz CT molecular complexity index is 967. The van der Waals surface area contributed by atoms with Crippen molar-refractivity contribution < 1.29 is 4.79 Å². The lowest BCUT2D eigenvalue weighted by Gasteiger charge is -2.19. The highest BCUT2D eigenvalue weighted by atomic mass is 35.5. The molecule has 4 nitrogen and oxygen atoms in total. The maximum absolute atomic E-state index is 12.8. The van der Waals surface area contributed by atoms with Crippen molar-refractivity contribution in [2.24, 2.45) is 0 Å². The van der Waals surface area contributed by atoms with Gasteiger partial charge in [0, 0.05) is 16.8 Å². The number of nitrogens with zero attached hydrogens (tertiary/aromatic N) is 2. The molecule has 0 fully saturated rings. The maximum Gasteiger partial charge on any atom is 0.252 e. The van der Waals surface area contributed by atoms with Gasteiger partial charge < -0.3 is 5.32 Å². The van der Waals surface area contributed by atoms with E-state index < -0.39 is 6.04 Å². The molecule has 0 saturated heterocycles. The molecule has 134 valence electrons. The molecular formula is C20H12Cl3N3O. The summed E-state index contributed by atoms with van der Waals surface area (Å²) in [6.45, 7) is 0. The van der Waals surface area contributed by atoms with Crippen LogP contribution in [-0.4, -0.2) is 10.9 Å². The van der Waals surface area contributed by atoms with Gasteiger partial charge >= 0.3 is 0 Å². The number of carbonyl (C=O) groups is 1.